The lowest BCUT2D eigenvalue weighted by Gasteiger charge is -2.19. The van der Waals surface area contributed by atoms with Crippen LogP contribution in [0.5, 0.6) is 0 Å². The monoisotopic (exact) mass is 279 g/mol. The number of likely N-dealkylation sites (N-methyl/N-ethyl adjacent to an activating group) is 1. The molecule has 0 bridgehead atoms. The van der Waals surface area contributed by atoms with Gasteiger partial charge in [-0.05, 0) is 25.1 Å². The van der Waals surface area contributed by atoms with Crippen LogP contribution in [0.1, 0.15) is 18.1 Å². The molecule has 0 fully saturated rings. The van der Waals surface area contributed by atoms with Crippen LogP contribution in [-0.4, -0.2) is 24.7 Å². The van der Waals surface area contributed by atoms with Gasteiger partial charge in [0.15, 0.2) is 0 Å². The van der Waals surface area contributed by atoms with Gasteiger partial charge in [0, 0.05) is 23.9 Å². The average molecular weight is 279 g/mol. The number of fused-ring (bicyclic) bond motifs is 1. The van der Waals surface area contributed by atoms with Crippen molar-refractivity contribution in [1.29, 1.82) is 0 Å². The van der Waals surface area contributed by atoms with Crippen LogP contribution >= 0.6 is 0 Å². The molecule has 4 heteroatoms. The number of benzodiazepines with no additional fused rings is 1. The lowest BCUT2D eigenvalue weighted by molar-refractivity contribution is -0.119. The molecule has 2 N–H and O–H groups in total. The molecule has 0 unspecified atom stereocenters. The third kappa shape index (κ3) is 2.29. The number of carbonyl (C=O) groups is 1. The first-order valence-corrected chi connectivity index (χ1v) is 6.88. The molecule has 21 heavy (non-hydrogen) atoms. The fraction of sp³-hybridized carbons (Fsp3) is 0.176. The van der Waals surface area contributed by atoms with E-state index in [9.17, 15) is 4.79 Å². The zero-order valence-corrected chi connectivity index (χ0v) is 12.1. The van der Waals surface area contributed by atoms with E-state index >= 15 is 0 Å². The van der Waals surface area contributed by atoms with Crippen LogP contribution in [0, 0.1) is 0 Å². The molecule has 0 radical (unpaired) electrons. The predicted octanol–water partition coefficient (Wildman–Crippen LogP) is 2.47. The highest BCUT2D eigenvalue weighted by Crippen LogP contribution is 2.29. The second-order valence-corrected chi connectivity index (χ2v) is 5.19. The summed E-state index contributed by atoms with van der Waals surface area (Å²) in [6.45, 7) is 1.82. The highest BCUT2D eigenvalue weighted by molar-refractivity contribution is 6.20. The lowest BCUT2D eigenvalue weighted by Crippen LogP contribution is -2.32. The van der Waals surface area contributed by atoms with Gasteiger partial charge in [0.2, 0.25) is 0 Å². The summed E-state index contributed by atoms with van der Waals surface area (Å²) in [4.78, 5) is 18.6. The summed E-state index contributed by atoms with van der Waals surface area (Å²) in [6.07, 6.45) is 0. The minimum absolute atomic E-state index is 0.0213. The van der Waals surface area contributed by atoms with E-state index in [0.717, 1.165) is 22.5 Å². The number of nitrogen functional groups attached to an aromatic ring is 1. The van der Waals surface area contributed by atoms with E-state index in [1.807, 2.05) is 49.4 Å². The van der Waals surface area contributed by atoms with Crippen molar-refractivity contribution in [3.63, 3.8) is 0 Å². The Balaban J connectivity index is 2.27. The van der Waals surface area contributed by atoms with Crippen molar-refractivity contribution in [3.8, 4) is 0 Å². The summed E-state index contributed by atoms with van der Waals surface area (Å²) >= 11 is 0. The first-order chi connectivity index (χ1) is 10.1. The molecular formula is C17H17N3O. The van der Waals surface area contributed by atoms with Crippen molar-refractivity contribution in [2.24, 2.45) is 4.99 Å². The summed E-state index contributed by atoms with van der Waals surface area (Å²) in [5.74, 6) is -0.0213. The quantitative estimate of drug-likeness (QED) is 0.815. The Morgan fingerprint density at radius 2 is 1.86 bits per heavy atom. The van der Waals surface area contributed by atoms with Crippen molar-refractivity contribution in [2.45, 2.75) is 13.0 Å². The Morgan fingerprint density at radius 1 is 1.14 bits per heavy atom. The van der Waals surface area contributed by atoms with E-state index in [-0.39, 0.29) is 5.91 Å². The summed E-state index contributed by atoms with van der Waals surface area (Å²) in [6, 6.07) is 15.0. The number of carbonyl (C=O) groups excluding carboxylic acids is 1. The first-order valence-electron chi connectivity index (χ1n) is 6.88. The second kappa shape index (κ2) is 5.05. The average Bonchev–Trinajstić information content (AvgIpc) is 2.59. The van der Waals surface area contributed by atoms with Gasteiger partial charge in [0.1, 0.15) is 6.04 Å². The van der Waals surface area contributed by atoms with E-state index in [4.69, 9.17) is 5.73 Å². The normalized spacial score (nSPS) is 18.0. The van der Waals surface area contributed by atoms with Crippen LogP contribution in [0.15, 0.2) is 53.5 Å². The molecule has 4 nitrogen and oxygen atoms in total. The molecule has 0 spiro atoms. The molecule has 2 aromatic carbocycles. The zero-order chi connectivity index (χ0) is 15.0. The van der Waals surface area contributed by atoms with Gasteiger partial charge in [-0.3, -0.25) is 9.79 Å². The fourth-order valence-electron chi connectivity index (χ4n) is 2.58. The summed E-state index contributed by atoms with van der Waals surface area (Å²) in [5, 5.41) is 0. The molecule has 0 saturated heterocycles. The molecule has 2 aromatic rings. The van der Waals surface area contributed by atoms with Gasteiger partial charge >= 0.3 is 0 Å². The molecule has 0 aliphatic carbocycles. The van der Waals surface area contributed by atoms with Crippen LogP contribution in [0.4, 0.5) is 11.4 Å². The number of hydrogen-bond donors (Lipinski definition) is 1. The van der Waals surface area contributed by atoms with E-state index in [2.05, 4.69) is 4.99 Å². The number of amides is 1. The van der Waals surface area contributed by atoms with Gasteiger partial charge in [-0.25, -0.2) is 0 Å². The van der Waals surface area contributed by atoms with Crippen molar-refractivity contribution in [3.05, 3.63) is 59.7 Å². The van der Waals surface area contributed by atoms with Crippen molar-refractivity contribution in [1.82, 2.24) is 0 Å². The Kier molecular flexibility index (Phi) is 3.22. The summed E-state index contributed by atoms with van der Waals surface area (Å²) in [5.41, 5.74) is 10.1. The van der Waals surface area contributed by atoms with Crippen molar-refractivity contribution in [2.75, 3.05) is 17.7 Å². The summed E-state index contributed by atoms with van der Waals surface area (Å²) < 4.78 is 0. The number of aliphatic imine (C=N–C) groups is 1. The minimum atomic E-state index is -0.418. The Hall–Kier alpha value is -2.62. The van der Waals surface area contributed by atoms with E-state index in [1.54, 1.807) is 18.0 Å². The highest BCUT2D eigenvalue weighted by atomic mass is 16.2. The molecule has 0 saturated carbocycles. The van der Waals surface area contributed by atoms with Crippen LogP contribution in [0.3, 0.4) is 0 Å². The SMILES string of the molecule is C[C@H]1N=C(c2ccccc2)c2cc(N)ccc2N(C)C1=O. The van der Waals surface area contributed by atoms with Gasteiger partial charge in [-0.15, -0.1) is 0 Å². The van der Waals surface area contributed by atoms with Gasteiger partial charge in [0.25, 0.3) is 5.91 Å². The highest BCUT2D eigenvalue weighted by Gasteiger charge is 2.27. The zero-order valence-electron chi connectivity index (χ0n) is 12.1. The molecule has 1 aliphatic heterocycles. The Morgan fingerprint density at radius 3 is 2.57 bits per heavy atom. The Labute approximate surface area is 123 Å². The topological polar surface area (TPSA) is 58.7 Å². The summed E-state index contributed by atoms with van der Waals surface area (Å²) in [7, 11) is 1.78. The first kappa shape index (κ1) is 13.4. The van der Waals surface area contributed by atoms with Crippen LogP contribution in [0.2, 0.25) is 0 Å². The number of nitrogens with two attached hydrogens (primary N) is 1. The molecule has 1 aliphatic rings. The lowest BCUT2D eigenvalue weighted by atomic mass is 10.00. The number of anilines is 2. The third-order valence-corrected chi connectivity index (χ3v) is 3.70. The Bertz CT molecular complexity index is 722. The van der Waals surface area contributed by atoms with Crippen LogP contribution in [-0.2, 0) is 4.79 Å². The maximum Gasteiger partial charge on any atom is 0.251 e. The number of nitrogens with zero attached hydrogens (tertiary/aromatic N) is 2. The second-order valence-electron chi connectivity index (χ2n) is 5.19. The smallest absolute Gasteiger partial charge is 0.251 e. The third-order valence-electron chi connectivity index (χ3n) is 3.70. The van der Waals surface area contributed by atoms with Gasteiger partial charge in [-0.1, -0.05) is 30.3 Å². The standard InChI is InChI=1S/C17H17N3O/c1-11-17(21)20(2)15-9-8-13(18)10-14(15)16(19-11)12-6-4-3-5-7-12/h3-11H,18H2,1-2H3/t11-/m1/s1. The molecule has 1 atom stereocenters. The molecule has 1 heterocycles. The number of rotatable bonds is 1. The molecule has 106 valence electrons. The maximum atomic E-state index is 12.4. The maximum absolute atomic E-state index is 12.4. The number of hydrogen-bond acceptors (Lipinski definition) is 3. The largest absolute Gasteiger partial charge is 0.399 e. The minimum Gasteiger partial charge on any atom is -0.399 e. The molecule has 1 amide bonds. The fourth-order valence-corrected chi connectivity index (χ4v) is 2.58. The van der Waals surface area contributed by atoms with E-state index < -0.39 is 6.04 Å². The molecule has 0 aromatic heterocycles. The van der Waals surface area contributed by atoms with Gasteiger partial charge < -0.3 is 10.6 Å². The van der Waals surface area contributed by atoms with Gasteiger partial charge in [0.05, 0.1) is 11.4 Å². The number of benzene rings is 2. The van der Waals surface area contributed by atoms with Crippen LogP contribution in [0.25, 0.3) is 0 Å². The van der Waals surface area contributed by atoms with Gasteiger partial charge in [-0.2, -0.15) is 0 Å². The van der Waals surface area contributed by atoms with Crippen molar-refractivity contribution < 1.29 is 4.79 Å². The van der Waals surface area contributed by atoms with E-state index in [0.29, 0.717) is 5.69 Å². The van der Waals surface area contributed by atoms with E-state index in [1.165, 1.54) is 0 Å². The van der Waals surface area contributed by atoms with Crippen molar-refractivity contribution >= 4 is 23.0 Å². The van der Waals surface area contributed by atoms with Crippen LogP contribution < -0.4 is 10.6 Å². The molecule has 3 rings (SSSR count). The predicted molar refractivity (Wildman–Crippen MR) is 85.8 cm³/mol. The molecular weight excluding hydrogens is 262 g/mol.